The molecule has 0 aliphatic carbocycles. The van der Waals surface area contributed by atoms with Crippen LogP contribution in [0.4, 0.5) is 0 Å². The molecule has 10 heavy (non-hydrogen) atoms. The maximum absolute atomic E-state index is 10.9. The second-order valence-corrected chi connectivity index (χ2v) is 2.03. The van der Waals surface area contributed by atoms with Gasteiger partial charge in [-0.25, -0.2) is 4.98 Å². The molecule has 1 amide bonds. The number of nitrogens with zero attached hydrogens (tertiary/aromatic N) is 2. The fourth-order valence-electron chi connectivity index (χ4n) is 0.934. The smallest absolute Gasteiger partial charge is 0.272 e. The van der Waals surface area contributed by atoms with Gasteiger partial charge in [-0.1, -0.05) is 0 Å². The lowest BCUT2D eigenvalue weighted by molar-refractivity contribution is 0.0961. The third-order valence-corrected chi connectivity index (χ3v) is 1.41. The molecule has 0 saturated heterocycles. The quantitative estimate of drug-likeness (QED) is 0.532. The molecule has 2 rings (SSSR count). The Hall–Kier alpha value is -1.45. The zero-order valence-corrected chi connectivity index (χ0v) is 5.16. The van der Waals surface area contributed by atoms with Crippen LogP contribution in [0.3, 0.4) is 0 Å². The molecule has 1 aromatic rings. The molecule has 1 N–H and O–H groups in total. The second-order valence-electron chi connectivity index (χ2n) is 2.03. The van der Waals surface area contributed by atoms with Crippen molar-refractivity contribution in [2.24, 2.45) is 0 Å². The first-order valence-electron chi connectivity index (χ1n) is 2.96. The van der Waals surface area contributed by atoms with Gasteiger partial charge in [-0.15, -0.1) is 0 Å². The Labute approximate surface area is 57.3 Å². The largest absolute Gasteiger partial charge is 0.345 e. The van der Waals surface area contributed by atoms with Crippen LogP contribution >= 0.6 is 0 Å². The van der Waals surface area contributed by atoms with Crippen molar-refractivity contribution in [3.05, 3.63) is 23.8 Å². The van der Waals surface area contributed by atoms with Crippen molar-refractivity contribution in [1.82, 2.24) is 15.3 Å². The van der Waals surface area contributed by atoms with Crippen molar-refractivity contribution >= 4 is 5.91 Å². The fourth-order valence-corrected chi connectivity index (χ4v) is 0.934. The van der Waals surface area contributed by atoms with E-state index in [1.54, 1.807) is 6.20 Å². The fraction of sp³-hybridized carbons (Fsp3) is 0.167. The predicted molar refractivity (Wildman–Crippen MR) is 33.2 cm³/mol. The molecule has 0 radical (unpaired) electrons. The molecule has 4 nitrogen and oxygen atoms in total. The summed E-state index contributed by atoms with van der Waals surface area (Å²) in [6.07, 6.45) is 3.10. The van der Waals surface area contributed by atoms with E-state index < -0.39 is 0 Å². The number of fused-ring (bicyclic) bond motifs is 1. The molecule has 1 aliphatic rings. The zero-order chi connectivity index (χ0) is 6.97. The molecular weight excluding hydrogens is 130 g/mol. The van der Waals surface area contributed by atoms with Gasteiger partial charge in [-0.2, -0.15) is 0 Å². The van der Waals surface area contributed by atoms with Gasteiger partial charge in [0.15, 0.2) is 5.69 Å². The summed E-state index contributed by atoms with van der Waals surface area (Å²) < 4.78 is 0. The molecule has 0 fully saturated rings. The van der Waals surface area contributed by atoms with Gasteiger partial charge in [0, 0.05) is 12.4 Å². The van der Waals surface area contributed by atoms with Crippen LogP contribution < -0.4 is 5.32 Å². The van der Waals surface area contributed by atoms with Crippen LogP contribution in [-0.4, -0.2) is 15.9 Å². The number of hydrogen-bond acceptors (Lipinski definition) is 3. The molecule has 2 heterocycles. The molecule has 0 atom stereocenters. The van der Waals surface area contributed by atoms with Gasteiger partial charge in [0.2, 0.25) is 0 Å². The van der Waals surface area contributed by atoms with Crippen molar-refractivity contribution < 1.29 is 4.79 Å². The normalized spacial score (nSPS) is 14.6. The summed E-state index contributed by atoms with van der Waals surface area (Å²) >= 11 is 0. The number of amides is 1. The average Bonchev–Trinajstić information content (AvgIpc) is 2.34. The molecule has 4 heteroatoms. The predicted octanol–water partition coefficient (Wildman–Crippen LogP) is -0.280. The van der Waals surface area contributed by atoms with Gasteiger partial charge in [0.1, 0.15) is 0 Å². The number of rotatable bonds is 0. The molecule has 1 aliphatic heterocycles. The van der Waals surface area contributed by atoms with E-state index in [-0.39, 0.29) is 5.91 Å². The Bertz CT molecular complexity index is 284. The average molecular weight is 135 g/mol. The first-order valence-corrected chi connectivity index (χ1v) is 2.96. The second kappa shape index (κ2) is 1.76. The van der Waals surface area contributed by atoms with Crippen LogP contribution in [0.5, 0.6) is 0 Å². The molecule has 50 valence electrons. The molecule has 0 spiro atoms. The number of carbonyl (C=O) groups excluding carboxylic acids is 1. The number of aromatic nitrogens is 2. The lowest BCUT2D eigenvalue weighted by Gasteiger charge is -1.88. The molecule has 1 aromatic heterocycles. The number of nitrogens with one attached hydrogen (secondary N) is 1. The Balaban J connectivity index is 2.61. The molecule has 0 unspecified atom stereocenters. The lowest BCUT2D eigenvalue weighted by atomic mass is 10.3. The summed E-state index contributed by atoms with van der Waals surface area (Å²) in [7, 11) is 0. The van der Waals surface area contributed by atoms with Crippen LogP contribution in [0.2, 0.25) is 0 Å². The summed E-state index contributed by atoms with van der Waals surface area (Å²) in [5, 5.41) is 2.62. The highest BCUT2D eigenvalue weighted by Gasteiger charge is 2.19. The molecule has 0 bridgehead atoms. The molecule has 0 saturated carbocycles. The van der Waals surface area contributed by atoms with Crippen molar-refractivity contribution in [1.29, 1.82) is 0 Å². The van der Waals surface area contributed by atoms with E-state index in [4.69, 9.17) is 0 Å². The molecule has 0 aromatic carbocycles. The third-order valence-electron chi connectivity index (χ3n) is 1.41. The van der Waals surface area contributed by atoms with Crippen LogP contribution in [0.15, 0.2) is 12.4 Å². The van der Waals surface area contributed by atoms with Gasteiger partial charge >= 0.3 is 0 Å². The van der Waals surface area contributed by atoms with Gasteiger partial charge < -0.3 is 5.32 Å². The van der Waals surface area contributed by atoms with Gasteiger partial charge in [-0.05, 0) is 0 Å². The van der Waals surface area contributed by atoms with Crippen molar-refractivity contribution in [3.8, 4) is 0 Å². The van der Waals surface area contributed by atoms with Crippen LogP contribution in [0.1, 0.15) is 16.2 Å². The maximum Gasteiger partial charge on any atom is 0.272 e. The standard InChI is InChI=1S/C6H5N3O/c10-6-5-4(3-9-6)7-1-2-8-5/h1-2H,3H2,(H,9,10). The highest BCUT2D eigenvalue weighted by molar-refractivity contribution is 5.95. The van der Waals surface area contributed by atoms with Crippen molar-refractivity contribution in [2.45, 2.75) is 6.54 Å². The maximum atomic E-state index is 10.9. The zero-order valence-electron chi connectivity index (χ0n) is 5.16. The first-order chi connectivity index (χ1) is 4.88. The van der Waals surface area contributed by atoms with E-state index in [0.717, 1.165) is 5.69 Å². The van der Waals surface area contributed by atoms with Crippen LogP contribution in [-0.2, 0) is 6.54 Å². The van der Waals surface area contributed by atoms with Gasteiger partial charge in [-0.3, -0.25) is 9.78 Å². The lowest BCUT2D eigenvalue weighted by Crippen LogP contribution is -2.13. The van der Waals surface area contributed by atoms with E-state index in [1.807, 2.05) is 0 Å². The van der Waals surface area contributed by atoms with Crippen molar-refractivity contribution in [3.63, 3.8) is 0 Å². The highest BCUT2D eigenvalue weighted by Crippen LogP contribution is 2.06. The minimum absolute atomic E-state index is 0.122. The number of carbonyl (C=O) groups is 1. The van der Waals surface area contributed by atoms with Crippen LogP contribution in [0.25, 0.3) is 0 Å². The SMILES string of the molecule is O=C1NCc2nccnc21. The van der Waals surface area contributed by atoms with E-state index in [1.165, 1.54) is 6.20 Å². The summed E-state index contributed by atoms with van der Waals surface area (Å²) in [4.78, 5) is 18.7. The summed E-state index contributed by atoms with van der Waals surface area (Å²) in [6, 6.07) is 0. The topological polar surface area (TPSA) is 54.9 Å². The third kappa shape index (κ3) is 0.586. The summed E-state index contributed by atoms with van der Waals surface area (Å²) in [6.45, 7) is 0.516. The molecular formula is C6H5N3O. The van der Waals surface area contributed by atoms with Crippen molar-refractivity contribution in [2.75, 3.05) is 0 Å². The summed E-state index contributed by atoms with van der Waals surface area (Å²) in [5.41, 5.74) is 1.20. The first kappa shape index (κ1) is 5.34. The Kier molecular flexibility index (Phi) is 0.943. The van der Waals surface area contributed by atoms with E-state index in [9.17, 15) is 4.79 Å². The van der Waals surface area contributed by atoms with E-state index >= 15 is 0 Å². The number of hydrogen-bond donors (Lipinski definition) is 1. The Morgan fingerprint density at radius 2 is 2.20 bits per heavy atom. The van der Waals surface area contributed by atoms with Gasteiger partial charge in [0.05, 0.1) is 12.2 Å². The highest BCUT2D eigenvalue weighted by atomic mass is 16.2. The monoisotopic (exact) mass is 135 g/mol. The Morgan fingerprint density at radius 3 is 3.00 bits per heavy atom. The van der Waals surface area contributed by atoms with E-state index in [2.05, 4.69) is 15.3 Å². The summed E-state index contributed by atoms with van der Waals surface area (Å²) in [5.74, 6) is -0.122. The minimum atomic E-state index is -0.122. The van der Waals surface area contributed by atoms with E-state index in [0.29, 0.717) is 12.2 Å². The van der Waals surface area contributed by atoms with Gasteiger partial charge in [0.25, 0.3) is 5.91 Å². The van der Waals surface area contributed by atoms with Crippen LogP contribution in [0, 0.1) is 0 Å². The Morgan fingerprint density at radius 1 is 1.40 bits per heavy atom. The minimum Gasteiger partial charge on any atom is -0.345 e.